The molecule has 0 aliphatic heterocycles. The molecule has 0 unspecified atom stereocenters. The summed E-state index contributed by atoms with van der Waals surface area (Å²) >= 11 is 0. The summed E-state index contributed by atoms with van der Waals surface area (Å²) in [5, 5.41) is 13.4. The van der Waals surface area contributed by atoms with Crippen LogP contribution >= 0.6 is 0 Å². The van der Waals surface area contributed by atoms with Crippen LogP contribution in [0.15, 0.2) is 36.4 Å². The van der Waals surface area contributed by atoms with Gasteiger partial charge in [-0.1, -0.05) is 12.1 Å². The highest BCUT2D eigenvalue weighted by molar-refractivity contribution is 5.96. The van der Waals surface area contributed by atoms with Crippen LogP contribution in [0.1, 0.15) is 39.9 Å². The van der Waals surface area contributed by atoms with Crippen molar-refractivity contribution in [2.45, 2.75) is 32.6 Å². The number of rotatable bonds is 5. The molecule has 1 aliphatic rings. The molecule has 1 N–H and O–H groups in total. The highest BCUT2D eigenvalue weighted by Gasteiger charge is 2.16. The number of nitro benzene ring substituents is 1. The second-order valence-corrected chi connectivity index (χ2v) is 6.57. The van der Waals surface area contributed by atoms with Crippen LogP contribution < -0.4 is 5.32 Å². The molecule has 0 saturated carbocycles. The molecule has 3 rings (SSSR count). The minimum absolute atomic E-state index is 0.123. The van der Waals surface area contributed by atoms with Gasteiger partial charge in [-0.3, -0.25) is 14.9 Å². The number of aryl methyl sites for hydroxylation is 3. The Morgan fingerprint density at radius 2 is 1.85 bits per heavy atom. The smallest absolute Gasteiger partial charge is 0.338 e. The Morgan fingerprint density at radius 3 is 2.59 bits per heavy atom. The summed E-state index contributed by atoms with van der Waals surface area (Å²) in [6.07, 6.45) is 4.24. The van der Waals surface area contributed by atoms with Crippen LogP contribution in [0.3, 0.4) is 0 Å². The van der Waals surface area contributed by atoms with Crippen molar-refractivity contribution in [2.24, 2.45) is 0 Å². The van der Waals surface area contributed by atoms with Crippen LogP contribution in [0.25, 0.3) is 0 Å². The van der Waals surface area contributed by atoms with Crippen molar-refractivity contribution in [1.82, 2.24) is 0 Å². The third-order valence-electron chi connectivity index (χ3n) is 4.62. The molecule has 0 fully saturated rings. The maximum Gasteiger partial charge on any atom is 0.338 e. The third kappa shape index (κ3) is 4.49. The molecule has 0 bridgehead atoms. The largest absolute Gasteiger partial charge is 0.452 e. The van der Waals surface area contributed by atoms with E-state index in [0.29, 0.717) is 16.8 Å². The molecule has 2 aromatic rings. The Morgan fingerprint density at radius 1 is 1.11 bits per heavy atom. The number of non-ortho nitro benzene ring substituents is 1. The van der Waals surface area contributed by atoms with Gasteiger partial charge in [-0.25, -0.2) is 4.79 Å². The number of anilines is 1. The van der Waals surface area contributed by atoms with Crippen LogP contribution in [-0.2, 0) is 22.4 Å². The fraction of sp³-hybridized carbons (Fsp3) is 0.300. The van der Waals surface area contributed by atoms with E-state index in [-0.39, 0.29) is 5.69 Å². The standard InChI is InChI=1S/C20H20N2O5/c1-13-6-9-17(22(25)26)11-18(13)21-19(23)12-27-20(24)16-8-7-14-4-2-3-5-15(14)10-16/h6-11H,2-5,12H2,1H3,(H,21,23). The minimum atomic E-state index is -0.561. The van der Waals surface area contributed by atoms with Gasteiger partial charge in [-0.05, 0) is 61.4 Å². The summed E-state index contributed by atoms with van der Waals surface area (Å²) in [7, 11) is 0. The lowest BCUT2D eigenvalue weighted by Gasteiger charge is -2.16. The Kier molecular flexibility index (Phi) is 5.49. The van der Waals surface area contributed by atoms with E-state index in [4.69, 9.17) is 4.74 Å². The zero-order valence-electron chi connectivity index (χ0n) is 15.0. The zero-order valence-corrected chi connectivity index (χ0v) is 15.0. The number of nitrogens with one attached hydrogen (secondary N) is 1. The molecule has 0 saturated heterocycles. The molecular formula is C20H20N2O5. The molecule has 0 atom stereocenters. The van der Waals surface area contributed by atoms with Crippen LogP contribution in [-0.4, -0.2) is 23.4 Å². The molecule has 2 aromatic carbocycles. The molecule has 0 aromatic heterocycles. The van der Waals surface area contributed by atoms with E-state index >= 15 is 0 Å². The van der Waals surface area contributed by atoms with Gasteiger partial charge in [0.1, 0.15) is 0 Å². The van der Waals surface area contributed by atoms with Gasteiger partial charge in [-0.2, -0.15) is 0 Å². The lowest BCUT2D eigenvalue weighted by Crippen LogP contribution is -2.21. The van der Waals surface area contributed by atoms with Crippen molar-refractivity contribution in [3.8, 4) is 0 Å². The highest BCUT2D eigenvalue weighted by atomic mass is 16.6. The molecule has 0 spiro atoms. The van der Waals surface area contributed by atoms with E-state index in [1.54, 1.807) is 19.1 Å². The maximum absolute atomic E-state index is 12.2. The lowest BCUT2D eigenvalue weighted by atomic mass is 9.90. The predicted octanol–water partition coefficient (Wildman–Crippen LogP) is 3.58. The lowest BCUT2D eigenvalue weighted by molar-refractivity contribution is -0.384. The van der Waals surface area contributed by atoms with Gasteiger partial charge in [-0.15, -0.1) is 0 Å². The van der Waals surface area contributed by atoms with Crippen molar-refractivity contribution < 1.29 is 19.2 Å². The average molecular weight is 368 g/mol. The van der Waals surface area contributed by atoms with Gasteiger partial charge in [0.05, 0.1) is 16.2 Å². The van der Waals surface area contributed by atoms with E-state index in [1.165, 1.54) is 17.7 Å². The third-order valence-corrected chi connectivity index (χ3v) is 4.62. The number of fused-ring (bicyclic) bond motifs is 1. The molecule has 7 nitrogen and oxygen atoms in total. The van der Waals surface area contributed by atoms with Gasteiger partial charge in [0, 0.05) is 12.1 Å². The van der Waals surface area contributed by atoms with E-state index < -0.39 is 23.4 Å². The summed E-state index contributed by atoms with van der Waals surface area (Å²) < 4.78 is 5.09. The number of amides is 1. The first-order chi connectivity index (χ1) is 12.9. The Labute approximate surface area is 156 Å². The van der Waals surface area contributed by atoms with Crippen LogP contribution in [0.5, 0.6) is 0 Å². The highest BCUT2D eigenvalue weighted by Crippen LogP contribution is 2.23. The number of nitro groups is 1. The summed E-state index contributed by atoms with van der Waals surface area (Å²) in [6, 6.07) is 9.68. The van der Waals surface area contributed by atoms with Gasteiger partial charge in [0.15, 0.2) is 6.61 Å². The molecular weight excluding hydrogens is 348 g/mol. The minimum Gasteiger partial charge on any atom is -0.452 e. The normalized spacial score (nSPS) is 12.8. The topological polar surface area (TPSA) is 98.5 Å². The van der Waals surface area contributed by atoms with Gasteiger partial charge in [0.2, 0.25) is 0 Å². The van der Waals surface area contributed by atoms with Crippen LogP contribution in [0, 0.1) is 17.0 Å². The zero-order chi connectivity index (χ0) is 19.4. The summed E-state index contributed by atoms with van der Waals surface area (Å²) in [4.78, 5) is 34.6. The summed E-state index contributed by atoms with van der Waals surface area (Å²) in [5.41, 5.74) is 3.72. The van der Waals surface area contributed by atoms with Gasteiger partial charge < -0.3 is 10.1 Å². The first-order valence-corrected chi connectivity index (χ1v) is 8.78. The molecule has 1 aliphatic carbocycles. The second kappa shape index (κ2) is 7.99. The number of carbonyl (C=O) groups excluding carboxylic acids is 2. The number of nitrogens with zero attached hydrogens (tertiary/aromatic N) is 1. The fourth-order valence-electron chi connectivity index (χ4n) is 3.12. The number of carbonyl (C=O) groups is 2. The number of ether oxygens (including phenoxy) is 1. The first kappa shape index (κ1) is 18.6. The van der Waals surface area contributed by atoms with E-state index in [1.807, 2.05) is 12.1 Å². The van der Waals surface area contributed by atoms with Crippen LogP contribution in [0.2, 0.25) is 0 Å². The molecule has 7 heteroatoms. The quantitative estimate of drug-likeness (QED) is 0.494. The molecule has 140 valence electrons. The molecule has 0 radical (unpaired) electrons. The number of hydrogen-bond acceptors (Lipinski definition) is 5. The molecule has 1 amide bonds. The van der Waals surface area contributed by atoms with E-state index in [0.717, 1.165) is 31.2 Å². The maximum atomic E-state index is 12.2. The van der Waals surface area contributed by atoms with E-state index in [2.05, 4.69) is 5.32 Å². The monoisotopic (exact) mass is 368 g/mol. The average Bonchev–Trinajstić information content (AvgIpc) is 2.67. The van der Waals surface area contributed by atoms with Crippen molar-refractivity contribution in [2.75, 3.05) is 11.9 Å². The van der Waals surface area contributed by atoms with Gasteiger partial charge >= 0.3 is 5.97 Å². The Hall–Kier alpha value is -3.22. The number of esters is 1. The summed E-state index contributed by atoms with van der Waals surface area (Å²) in [6.45, 7) is 1.26. The number of hydrogen-bond donors (Lipinski definition) is 1. The Bertz CT molecular complexity index is 907. The van der Waals surface area contributed by atoms with Gasteiger partial charge in [0.25, 0.3) is 11.6 Å². The molecule has 27 heavy (non-hydrogen) atoms. The van der Waals surface area contributed by atoms with Crippen molar-refractivity contribution in [1.29, 1.82) is 0 Å². The predicted molar refractivity (Wildman–Crippen MR) is 99.8 cm³/mol. The fourth-order valence-corrected chi connectivity index (χ4v) is 3.12. The van der Waals surface area contributed by atoms with Crippen molar-refractivity contribution in [3.63, 3.8) is 0 Å². The second-order valence-electron chi connectivity index (χ2n) is 6.57. The van der Waals surface area contributed by atoms with E-state index in [9.17, 15) is 19.7 Å². The SMILES string of the molecule is Cc1ccc([N+](=O)[O-])cc1NC(=O)COC(=O)c1ccc2c(c1)CCCC2. The molecule has 0 heterocycles. The van der Waals surface area contributed by atoms with Crippen LogP contribution in [0.4, 0.5) is 11.4 Å². The van der Waals surface area contributed by atoms with Crippen molar-refractivity contribution in [3.05, 3.63) is 68.8 Å². The number of benzene rings is 2. The summed E-state index contributed by atoms with van der Waals surface area (Å²) in [5.74, 6) is -1.11. The Balaban J connectivity index is 1.60. The van der Waals surface area contributed by atoms with Crippen molar-refractivity contribution >= 4 is 23.3 Å². The first-order valence-electron chi connectivity index (χ1n) is 8.78.